The minimum absolute atomic E-state index is 0.0457. The largest absolute Gasteiger partial charge is 0.465 e. The average Bonchev–Trinajstić information content (AvgIpc) is 2.76. The third-order valence-electron chi connectivity index (χ3n) is 4.63. The number of anilines is 1. The Kier molecular flexibility index (Phi) is 6.26. The van der Waals surface area contributed by atoms with Crippen molar-refractivity contribution >= 4 is 29.5 Å². The molecule has 1 atom stereocenters. The van der Waals surface area contributed by atoms with Gasteiger partial charge >= 0.3 is 12.0 Å². The topological polar surface area (TPSA) is 105 Å². The van der Waals surface area contributed by atoms with E-state index in [0.717, 1.165) is 10.5 Å². The van der Waals surface area contributed by atoms with Gasteiger partial charge in [0.2, 0.25) is 11.8 Å². The number of methoxy groups -OCH3 is 1. The molecule has 2 N–H and O–H groups in total. The van der Waals surface area contributed by atoms with Crippen molar-refractivity contribution in [2.75, 3.05) is 12.4 Å². The first-order valence-electron chi connectivity index (χ1n) is 9.26. The van der Waals surface area contributed by atoms with Crippen LogP contribution in [0.15, 0.2) is 66.4 Å². The normalized spacial score (nSPS) is 16.9. The Balaban J connectivity index is 1.84. The number of carbonyl (C=O) groups excluding carboxylic acids is 4. The zero-order valence-electron chi connectivity index (χ0n) is 16.5. The highest BCUT2D eigenvalue weighted by Crippen LogP contribution is 2.23. The third kappa shape index (κ3) is 4.38. The number of ether oxygens (including phenoxy) is 1. The lowest BCUT2D eigenvalue weighted by Crippen LogP contribution is -2.58. The van der Waals surface area contributed by atoms with Crippen molar-refractivity contribution in [1.82, 2.24) is 10.2 Å². The van der Waals surface area contributed by atoms with Gasteiger partial charge in [-0.3, -0.25) is 19.8 Å². The quantitative estimate of drug-likeness (QED) is 0.564. The van der Waals surface area contributed by atoms with Crippen molar-refractivity contribution in [3.8, 4) is 0 Å². The molecule has 4 amide bonds. The number of benzene rings is 2. The molecule has 0 radical (unpaired) electrons. The van der Waals surface area contributed by atoms with Crippen LogP contribution < -0.4 is 10.6 Å². The second-order valence-corrected chi connectivity index (χ2v) is 6.58. The molecule has 1 aliphatic heterocycles. The summed E-state index contributed by atoms with van der Waals surface area (Å²) in [7, 11) is 1.28. The molecule has 1 fully saturated rings. The zero-order valence-corrected chi connectivity index (χ0v) is 16.5. The SMILES string of the molecule is C/C=C(/Nc1cccc(C(=O)OC)c1)[C@H]1C(=O)NC(=O)N(Cc2ccccc2)C1=O. The summed E-state index contributed by atoms with van der Waals surface area (Å²) in [5.41, 5.74) is 1.87. The highest BCUT2D eigenvalue weighted by Gasteiger charge is 2.42. The van der Waals surface area contributed by atoms with E-state index in [-0.39, 0.29) is 6.54 Å². The maximum atomic E-state index is 13.1. The fourth-order valence-electron chi connectivity index (χ4n) is 3.12. The maximum absolute atomic E-state index is 13.1. The molecule has 0 saturated carbocycles. The summed E-state index contributed by atoms with van der Waals surface area (Å²) in [5, 5.41) is 5.25. The summed E-state index contributed by atoms with van der Waals surface area (Å²) in [5.74, 6) is -3.07. The lowest BCUT2D eigenvalue weighted by Gasteiger charge is -2.31. The van der Waals surface area contributed by atoms with Crippen molar-refractivity contribution in [2.45, 2.75) is 13.5 Å². The third-order valence-corrected chi connectivity index (χ3v) is 4.63. The fraction of sp³-hybridized carbons (Fsp3) is 0.182. The fourth-order valence-corrected chi connectivity index (χ4v) is 3.12. The van der Waals surface area contributed by atoms with E-state index in [1.807, 2.05) is 6.07 Å². The predicted molar refractivity (Wildman–Crippen MR) is 109 cm³/mol. The van der Waals surface area contributed by atoms with Gasteiger partial charge in [-0.05, 0) is 30.7 Å². The lowest BCUT2D eigenvalue weighted by atomic mass is 9.99. The van der Waals surface area contributed by atoms with Gasteiger partial charge in [0.25, 0.3) is 0 Å². The Labute approximate surface area is 173 Å². The monoisotopic (exact) mass is 407 g/mol. The number of nitrogens with zero attached hydrogens (tertiary/aromatic N) is 1. The highest BCUT2D eigenvalue weighted by molar-refractivity contribution is 6.18. The summed E-state index contributed by atoms with van der Waals surface area (Å²) >= 11 is 0. The highest BCUT2D eigenvalue weighted by atomic mass is 16.5. The standard InChI is InChI=1S/C22H21N3O5/c1-3-17(23-16-11-7-10-15(12-16)21(28)30-2)18-19(26)24-22(29)25(20(18)27)13-14-8-5-4-6-9-14/h3-12,18,23H,13H2,1-2H3,(H,24,26,29)/b17-3+/t18-/m0/s1. The van der Waals surface area contributed by atoms with Crippen LogP contribution >= 0.6 is 0 Å². The Morgan fingerprint density at radius 2 is 1.87 bits per heavy atom. The summed E-state index contributed by atoms with van der Waals surface area (Å²) in [6, 6.07) is 14.7. The van der Waals surface area contributed by atoms with Crippen molar-refractivity contribution in [3.05, 3.63) is 77.5 Å². The number of carbonyl (C=O) groups is 4. The van der Waals surface area contributed by atoms with E-state index in [9.17, 15) is 19.2 Å². The number of barbiturate groups is 1. The van der Waals surface area contributed by atoms with E-state index in [4.69, 9.17) is 4.74 Å². The van der Waals surface area contributed by atoms with Crippen LogP contribution in [0.25, 0.3) is 0 Å². The molecular formula is C22H21N3O5. The van der Waals surface area contributed by atoms with Gasteiger partial charge in [0.1, 0.15) is 0 Å². The molecule has 1 heterocycles. The van der Waals surface area contributed by atoms with Gasteiger partial charge in [-0.15, -0.1) is 0 Å². The van der Waals surface area contributed by atoms with Gasteiger partial charge in [0, 0.05) is 11.4 Å². The molecule has 8 nitrogen and oxygen atoms in total. The summed E-state index contributed by atoms with van der Waals surface area (Å²) in [6.45, 7) is 1.72. The molecule has 8 heteroatoms. The molecule has 30 heavy (non-hydrogen) atoms. The number of esters is 1. The van der Waals surface area contributed by atoms with Crippen molar-refractivity contribution in [1.29, 1.82) is 0 Å². The number of hydrogen-bond donors (Lipinski definition) is 2. The van der Waals surface area contributed by atoms with E-state index in [2.05, 4.69) is 10.6 Å². The molecule has 1 saturated heterocycles. The number of hydrogen-bond acceptors (Lipinski definition) is 6. The van der Waals surface area contributed by atoms with Crippen LogP contribution in [0.3, 0.4) is 0 Å². The average molecular weight is 407 g/mol. The lowest BCUT2D eigenvalue weighted by molar-refractivity contribution is -0.141. The molecule has 2 aromatic carbocycles. The van der Waals surface area contributed by atoms with E-state index in [0.29, 0.717) is 16.9 Å². The molecule has 3 rings (SSSR count). The molecular weight excluding hydrogens is 386 g/mol. The van der Waals surface area contributed by atoms with E-state index in [1.54, 1.807) is 61.5 Å². The number of rotatable bonds is 6. The molecule has 0 spiro atoms. The molecule has 0 unspecified atom stereocenters. The number of allylic oxidation sites excluding steroid dienone is 1. The van der Waals surface area contributed by atoms with E-state index < -0.39 is 29.7 Å². The second kappa shape index (κ2) is 9.04. The van der Waals surface area contributed by atoms with Crippen LogP contribution in [-0.2, 0) is 20.9 Å². The van der Waals surface area contributed by atoms with Crippen LogP contribution in [0.1, 0.15) is 22.8 Å². The Morgan fingerprint density at radius 1 is 1.13 bits per heavy atom. The van der Waals surface area contributed by atoms with Gasteiger partial charge < -0.3 is 10.1 Å². The van der Waals surface area contributed by atoms with E-state index >= 15 is 0 Å². The van der Waals surface area contributed by atoms with Crippen molar-refractivity contribution in [3.63, 3.8) is 0 Å². The van der Waals surface area contributed by atoms with Crippen molar-refractivity contribution in [2.24, 2.45) is 5.92 Å². The van der Waals surface area contributed by atoms with E-state index in [1.165, 1.54) is 7.11 Å². The molecule has 0 aromatic heterocycles. The number of urea groups is 1. The summed E-state index contributed by atoms with van der Waals surface area (Å²) < 4.78 is 4.71. The predicted octanol–water partition coefficient (Wildman–Crippen LogP) is 2.68. The minimum Gasteiger partial charge on any atom is -0.465 e. The van der Waals surface area contributed by atoms with Crippen LogP contribution in [0.5, 0.6) is 0 Å². The molecule has 0 aliphatic carbocycles. The number of amides is 4. The summed E-state index contributed by atoms with van der Waals surface area (Å²) in [4.78, 5) is 50.6. The Hall–Kier alpha value is -3.94. The minimum atomic E-state index is -1.22. The van der Waals surface area contributed by atoms with Crippen LogP contribution in [-0.4, -0.2) is 35.8 Å². The van der Waals surface area contributed by atoms with Gasteiger partial charge in [0.05, 0.1) is 19.2 Å². The van der Waals surface area contributed by atoms with Gasteiger partial charge in [-0.25, -0.2) is 9.59 Å². The molecule has 0 bridgehead atoms. The van der Waals surface area contributed by atoms with Crippen LogP contribution in [0.2, 0.25) is 0 Å². The Bertz CT molecular complexity index is 1020. The van der Waals surface area contributed by atoms with Gasteiger partial charge in [0.15, 0.2) is 5.92 Å². The molecule has 1 aliphatic rings. The van der Waals surface area contributed by atoms with Gasteiger partial charge in [-0.2, -0.15) is 0 Å². The molecule has 154 valence electrons. The van der Waals surface area contributed by atoms with Gasteiger partial charge in [-0.1, -0.05) is 42.5 Å². The number of nitrogens with one attached hydrogen (secondary N) is 2. The summed E-state index contributed by atoms with van der Waals surface area (Å²) in [6.07, 6.45) is 1.59. The first kappa shape index (κ1) is 20.8. The zero-order chi connectivity index (χ0) is 21.7. The Morgan fingerprint density at radius 3 is 2.53 bits per heavy atom. The second-order valence-electron chi connectivity index (χ2n) is 6.58. The first-order chi connectivity index (χ1) is 14.4. The smallest absolute Gasteiger partial charge is 0.337 e. The van der Waals surface area contributed by atoms with Crippen LogP contribution in [0, 0.1) is 5.92 Å². The number of imide groups is 2. The maximum Gasteiger partial charge on any atom is 0.337 e. The first-order valence-corrected chi connectivity index (χ1v) is 9.26. The molecule has 2 aromatic rings. The van der Waals surface area contributed by atoms with Crippen molar-refractivity contribution < 1.29 is 23.9 Å². The van der Waals surface area contributed by atoms with Crippen LogP contribution in [0.4, 0.5) is 10.5 Å².